The Kier molecular flexibility index (Phi) is 4.62. The Bertz CT molecular complexity index is 779. The lowest BCUT2D eigenvalue weighted by atomic mass is 10.2. The van der Waals surface area contributed by atoms with Gasteiger partial charge in [-0.15, -0.1) is 0 Å². The topological polar surface area (TPSA) is 115 Å². The second-order valence-corrected chi connectivity index (χ2v) is 6.45. The van der Waals surface area contributed by atoms with Crippen LogP contribution in [0.1, 0.15) is 22.9 Å². The van der Waals surface area contributed by atoms with Crippen molar-refractivity contribution in [2.45, 2.75) is 31.7 Å². The molecule has 118 valence electrons. The van der Waals surface area contributed by atoms with E-state index in [1.807, 2.05) is 0 Å². The highest BCUT2D eigenvalue weighted by Gasteiger charge is 2.12. The second kappa shape index (κ2) is 6.29. The molecule has 0 fully saturated rings. The van der Waals surface area contributed by atoms with Crippen LogP contribution < -0.4 is 10.5 Å². The van der Waals surface area contributed by atoms with E-state index in [1.54, 1.807) is 26.0 Å². The standard InChI is InChI=1S/C14H17N3O4S/c1-9-13(21-10(2)17-9)7-14(18)16-8-11-3-5-12(6-4-11)22(15,19)20/h3-6H,7-8H2,1-2H3,(H,16,18)(H2,15,19,20). The van der Waals surface area contributed by atoms with E-state index in [4.69, 9.17) is 9.56 Å². The molecule has 1 amide bonds. The van der Waals surface area contributed by atoms with Gasteiger partial charge in [0.2, 0.25) is 15.9 Å². The molecule has 0 atom stereocenters. The predicted octanol–water partition coefficient (Wildman–Crippen LogP) is 0.798. The molecule has 0 bridgehead atoms. The molecule has 7 nitrogen and oxygen atoms in total. The molecule has 22 heavy (non-hydrogen) atoms. The number of oxazole rings is 1. The van der Waals surface area contributed by atoms with Crippen molar-refractivity contribution >= 4 is 15.9 Å². The van der Waals surface area contributed by atoms with Gasteiger partial charge in [0.25, 0.3) is 0 Å². The summed E-state index contributed by atoms with van der Waals surface area (Å²) in [6.45, 7) is 3.79. The monoisotopic (exact) mass is 323 g/mol. The first kappa shape index (κ1) is 16.2. The lowest BCUT2D eigenvalue weighted by Gasteiger charge is -2.05. The van der Waals surface area contributed by atoms with Gasteiger partial charge in [-0.1, -0.05) is 12.1 Å². The second-order valence-electron chi connectivity index (χ2n) is 4.88. The van der Waals surface area contributed by atoms with Gasteiger partial charge in [0.15, 0.2) is 5.89 Å². The quantitative estimate of drug-likeness (QED) is 0.844. The fourth-order valence-corrected chi connectivity index (χ4v) is 2.46. The van der Waals surface area contributed by atoms with Crippen molar-refractivity contribution in [2.24, 2.45) is 5.14 Å². The Morgan fingerprint density at radius 3 is 2.41 bits per heavy atom. The molecule has 3 N–H and O–H groups in total. The number of aromatic nitrogens is 1. The number of carbonyl (C=O) groups is 1. The molecule has 0 saturated carbocycles. The molecule has 1 aromatic heterocycles. The molecular weight excluding hydrogens is 306 g/mol. The third-order valence-electron chi connectivity index (χ3n) is 3.06. The highest BCUT2D eigenvalue weighted by Crippen LogP contribution is 2.11. The third-order valence-corrected chi connectivity index (χ3v) is 3.99. The summed E-state index contributed by atoms with van der Waals surface area (Å²) in [6, 6.07) is 6.01. The van der Waals surface area contributed by atoms with Gasteiger partial charge >= 0.3 is 0 Å². The molecule has 0 unspecified atom stereocenters. The summed E-state index contributed by atoms with van der Waals surface area (Å²) in [4.78, 5) is 16.0. The van der Waals surface area contributed by atoms with Crippen molar-refractivity contribution in [1.29, 1.82) is 0 Å². The van der Waals surface area contributed by atoms with Crippen LogP contribution in [0, 0.1) is 13.8 Å². The van der Waals surface area contributed by atoms with Crippen LogP contribution in [-0.4, -0.2) is 19.3 Å². The number of nitrogens with two attached hydrogens (primary N) is 1. The molecule has 1 aromatic carbocycles. The Hall–Kier alpha value is -2.19. The van der Waals surface area contributed by atoms with Gasteiger partial charge in [0.1, 0.15) is 5.76 Å². The van der Waals surface area contributed by atoms with Gasteiger partial charge in [-0.3, -0.25) is 4.79 Å². The average Bonchev–Trinajstić information content (AvgIpc) is 2.74. The van der Waals surface area contributed by atoms with Crippen LogP contribution in [0.4, 0.5) is 0 Å². The first-order valence-electron chi connectivity index (χ1n) is 6.57. The minimum atomic E-state index is -3.70. The molecule has 0 aliphatic rings. The molecular formula is C14H17N3O4S. The van der Waals surface area contributed by atoms with Gasteiger partial charge in [-0.25, -0.2) is 18.5 Å². The Morgan fingerprint density at radius 1 is 1.27 bits per heavy atom. The van der Waals surface area contributed by atoms with E-state index in [-0.39, 0.29) is 23.8 Å². The number of hydrogen-bond donors (Lipinski definition) is 2. The fraction of sp³-hybridized carbons (Fsp3) is 0.286. The van der Waals surface area contributed by atoms with Crippen LogP contribution in [-0.2, 0) is 27.8 Å². The molecule has 0 radical (unpaired) electrons. The number of benzene rings is 1. The van der Waals surface area contributed by atoms with Crippen molar-refractivity contribution < 1.29 is 17.6 Å². The van der Waals surface area contributed by atoms with E-state index in [0.29, 0.717) is 17.3 Å². The van der Waals surface area contributed by atoms with Crippen molar-refractivity contribution in [3.8, 4) is 0 Å². The predicted molar refractivity (Wildman–Crippen MR) is 79.3 cm³/mol. The van der Waals surface area contributed by atoms with E-state index in [1.165, 1.54) is 12.1 Å². The minimum Gasteiger partial charge on any atom is -0.445 e. The zero-order chi connectivity index (χ0) is 16.3. The Labute approximate surface area is 128 Å². The number of rotatable bonds is 5. The number of carbonyl (C=O) groups excluding carboxylic acids is 1. The summed E-state index contributed by atoms with van der Waals surface area (Å²) in [5, 5.41) is 7.75. The summed E-state index contributed by atoms with van der Waals surface area (Å²) >= 11 is 0. The smallest absolute Gasteiger partial charge is 0.238 e. The third kappa shape index (κ3) is 4.15. The van der Waals surface area contributed by atoms with Crippen LogP contribution >= 0.6 is 0 Å². The van der Waals surface area contributed by atoms with Crippen LogP contribution in [0.2, 0.25) is 0 Å². The van der Waals surface area contributed by atoms with Gasteiger partial charge in [-0.2, -0.15) is 0 Å². The lowest BCUT2D eigenvalue weighted by molar-refractivity contribution is -0.120. The molecule has 0 spiro atoms. The number of aryl methyl sites for hydroxylation is 2. The maximum Gasteiger partial charge on any atom is 0.238 e. The number of sulfonamides is 1. The van der Waals surface area contributed by atoms with Gasteiger partial charge < -0.3 is 9.73 Å². The normalized spacial score (nSPS) is 11.4. The number of amides is 1. The summed E-state index contributed by atoms with van der Waals surface area (Å²) in [6.07, 6.45) is 0.113. The summed E-state index contributed by atoms with van der Waals surface area (Å²) < 4.78 is 27.6. The Balaban J connectivity index is 1.92. The van der Waals surface area contributed by atoms with E-state index in [2.05, 4.69) is 10.3 Å². The SMILES string of the molecule is Cc1nc(C)c(CC(=O)NCc2ccc(S(N)(=O)=O)cc2)o1. The fourth-order valence-electron chi connectivity index (χ4n) is 1.94. The van der Waals surface area contributed by atoms with Gasteiger partial charge in [-0.05, 0) is 24.6 Å². The highest BCUT2D eigenvalue weighted by molar-refractivity contribution is 7.89. The molecule has 0 aliphatic carbocycles. The summed E-state index contributed by atoms with van der Waals surface area (Å²) in [5.41, 5.74) is 1.47. The first-order valence-corrected chi connectivity index (χ1v) is 8.11. The van der Waals surface area contributed by atoms with Crippen LogP contribution in [0.3, 0.4) is 0 Å². The van der Waals surface area contributed by atoms with E-state index in [9.17, 15) is 13.2 Å². The van der Waals surface area contributed by atoms with Crippen molar-refractivity contribution in [2.75, 3.05) is 0 Å². The number of nitrogens with zero attached hydrogens (tertiary/aromatic N) is 1. The molecule has 1 heterocycles. The first-order chi connectivity index (χ1) is 10.3. The van der Waals surface area contributed by atoms with Crippen LogP contribution in [0.15, 0.2) is 33.6 Å². The highest BCUT2D eigenvalue weighted by atomic mass is 32.2. The van der Waals surface area contributed by atoms with Gasteiger partial charge in [0.05, 0.1) is 17.0 Å². The maximum atomic E-state index is 11.9. The zero-order valence-electron chi connectivity index (χ0n) is 12.3. The van der Waals surface area contributed by atoms with E-state index < -0.39 is 10.0 Å². The van der Waals surface area contributed by atoms with Crippen molar-refractivity contribution in [3.63, 3.8) is 0 Å². The van der Waals surface area contributed by atoms with Gasteiger partial charge in [0, 0.05) is 13.5 Å². The van der Waals surface area contributed by atoms with Crippen LogP contribution in [0.5, 0.6) is 0 Å². The maximum absolute atomic E-state index is 11.9. The number of primary sulfonamides is 1. The van der Waals surface area contributed by atoms with E-state index >= 15 is 0 Å². The Morgan fingerprint density at radius 2 is 1.91 bits per heavy atom. The molecule has 0 aliphatic heterocycles. The van der Waals surface area contributed by atoms with Crippen molar-refractivity contribution in [1.82, 2.24) is 10.3 Å². The van der Waals surface area contributed by atoms with Crippen LogP contribution in [0.25, 0.3) is 0 Å². The largest absolute Gasteiger partial charge is 0.445 e. The average molecular weight is 323 g/mol. The number of nitrogens with one attached hydrogen (secondary N) is 1. The lowest BCUT2D eigenvalue weighted by Crippen LogP contribution is -2.24. The zero-order valence-corrected chi connectivity index (χ0v) is 13.1. The molecule has 0 saturated heterocycles. The molecule has 8 heteroatoms. The molecule has 2 aromatic rings. The van der Waals surface area contributed by atoms with E-state index in [0.717, 1.165) is 5.56 Å². The summed E-state index contributed by atoms with van der Waals surface area (Å²) in [5.74, 6) is 0.869. The minimum absolute atomic E-state index is 0.0373. The summed E-state index contributed by atoms with van der Waals surface area (Å²) in [7, 11) is -3.70. The van der Waals surface area contributed by atoms with Crippen molar-refractivity contribution in [3.05, 3.63) is 47.2 Å². The molecule has 2 rings (SSSR count). The number of hydrogen-bond acceptors (Lipinski definition) is 5.